The zero-order valence-electron chi connectivity index (χ0n) is 8.86. The van der Waals surface area contributed by atoms with Crippen LogP contribution >= 0.6 is 15.9 Å². The Morgan fingerprint density at radius 3 is 2.53 bits per heavy atom. The minimum Gasteiger partial charge on any atom is -0.377 e. The van der Waals surface area contributed by atoms with Gasteiger partial charge in [0.05, 0.1) is 11.1 Å². The molecule has 0 unspecified atom stereocenters. The second kappa shape index (κ2) is 6.35. The van der Waals surface area contributed by atoms with Gasteiger partial charge in [-0.2, -0.15) is 13.2 Å². The maximum Gasteiger partial charge on any atom is 0.389 e. The smallest absolute Gasteiger partial charge is 0.377 e. The Morgan fingerprint density at radius 2 is 1.94 bits per heavy atom. The lowest BCUT2D eigenvalue weighted by atomic mass is 10.2. The summed E-state index contributed by atoms with van der Waals surface area (Å²) >= 11 is 3.02. The van der Waals surface area contributed by atoms with Gasteiger partial charge in [0.1, 0.15) is 5.82 Å². The van der Waals surface area contributed by atoms with Crippen LogP contribution in [0.3, 0.4) is 0 Å². The molecule has 0 radical (unpaired) electrons. The van der Waals surface area contributed by atoms with Crippen molar-refractivity contribution in [2.75, 3.05) is 6.61 Å². The highest BCUT2D eigenvalue weighted by Crippen LogP contribution is 2.21. The molecule has 0 amide bonds. The Hall–Kier alpha value is -0.620. The topological polar surface area (TPSA) is 9.23 Å². The van der Waals surface area contributed by atoms with E-state index in [1.54, 1.807) is 6.07 Å². The molecule has 0 aliphatic heterocycles. The molecule has 0 aliphatic carbocycles. The van der Waals surface area contributed by atoms with E-state index in [9.17, 15) is 17.6 Å². The fraction of sp³-hybridized carbons (Fsp3) is 0.455. The highest BCUT2D eigenvalue weighted by Gasteiger charge is 2.25. The highest BCUT2D eigenvalue weighted by atomic mass is 79.9. The molecule has 0 heterocycles. The Morgan fingerprint density at radius 1 is 1.24 bits per heavy atom. The van der Waals surface area contributed by atoms with Crippen LogP contribution < -0.4 is 0 Å². The van der Waals surface area contributed by atoms with Gasteiger partial charge in [-0.3, -0.25) is 0 Å². The lowest BCUT2D eigenvalue weighted by molar-refractivity contribution is -0.138. The number of hydrogen-bond donors (Lipinski definition) is 0. The first-order valence-corrected chi connectivity index (χ1v) is 5.76. The highest BCUT2D eigenvalue weighted by molar-refractivity contribution is 9.10. The standard InChI is InChI=1S/C11H11BrF4O/c12-9-6-8(2-3-10(9)13)7-17-5-1-4-11(14,15)16/h2-3,6H,1,4-5,7H2. The van der Waals surface area contributed by atoms with Crippen molar-refractivity contribution in [2.24, 2.45) is 0 Å². The summed E-state index contributed by atoms with van der Waals surface area (Å²) in [6.07, 6.45) is -5.05. The van der Waals surface area contributed by atoms with Gasteiger partial charge in [-0.1, -0.05) is 6.07 Å². The van der Waals surface area contributed by atoms with Crippen LogP contribution in [0.4, 0.5) is 17.6 Å². The van der Waals surface area contributed by atoms with Gasteiger partial charge in [0.2, 0.25) is 0 Å². The van der Waals surface area contributed by atoms with Gasteiger partial charge >= 0.3 is 6.18 Å². The summed E-state index contributed by atoms with van der Waals surface area (Å²) in [6.45, 7) is 0.214. The minimum absolute atomic E-state index is 0.0362. The molecule has 1 rings (SSSR count). The number of hydrogen-bond acceptors (Lipinski definition) is 1. The molecule has 0 spiro atoms. The van der Waals surface area contributed by atoms with Crippen molar-refractivity contribution >= 4 is 15.9 Å². The van der Waals surface area contributed by atoms with Gasteiger partial charge in [0.15, 0.2) is 0 Å². The fourth-order valence-corrected chi connectivity index (χ4v) is 1.62. The van der Waals surface area contributed by atoms with E-state index in [1.807, 2.05) is 0 Å². The van der Waals surface area contributed by atoms with E-state index in [-0.39, 0.29) is 25.5 Å². The van der Waals surface area contributed by atoms with Gasteiger partial charge in [-0.25, -0.2) is 4.39 Å². The van der Waals surface area contributed by atoms with Crippen LogP contribution in [0, 0.1) is 5.82 Å². The molecular formula is C11H11BrF4O. The van der Waals surface area contributed by atoms with Gasteiger partial charge in [0.25, 0.3) is 0 Å². The normalized spacial score (nSPS) is 11.8. The van der Waals surface area contributed by atoms with Crippen LogP contribution in [0.1, 0.15) is 18.4 Å². The van der Waals surface area contributed by atoms with Gasteiger partial charge in [0, 0.05) is 13.0 Å². The van der Waals surface area contributed by atoms with Gasteiger partial charge in [-0.05, 0) is 40.0 Å². The quantitative estimate of drug-likeness (QED) is 0.576. The molecule has 0 atom stereocenters. The number of rotatable bonds is 5. The van der Waals surface area contributed by atoms with Crippen LogP contribution in [0.15, 0.2) is 22.7 Å². The number of alkyl halides is 3. The molecule has 0 bridgehead atoms. The molecule has 0 aromatic heterocycles. The van der Waals surface area contributed by atoms with Crippen LogP contribution in [0.2, 0.25) is 0 Å². The minimum atomic E-state index is -4.14. The lowest BCUT2D eigenvalue weighted by Gasteiger charge is -2.07. The first kappa shape index (κ1) is 14.4. The average Bonchev–Trinajstić information content (AvgIpc) is 2.21. The molecule has 1 aromatic carbocycles. The largest absolute Gasteiger partial charge is 0.389 e. The van der Waals surface area contributed by atoms with Gasteiger partial charge < -0.3 is 4.74 Å². The summed E-state index contributed by atoms with van der Waals surface area (Å²) in [5.74, 6) is -0.383. The molecule has 1 nitrogen and oxygen atoms in total. The zero-order valence-corrected chi connectivity index (χ0v) is 10.4. The second-order valence-electron chi connectivity index (χ2n) is 3.52. The predicted molar refractivity (Wildman–Crippen MR) is 59.0 cm³/mol. The summed E-state index contributed by atoms with van der Waals surface area (Å²) in [5.41, 5.74) is 0.713. The van der Waals surface area contributed by atoms with E-state index in [4.69, 9.17) is 4.74 Å². The molecule has 0 saturated carbocycles. The zero-order chi connectivity index (χ0) is 12.9. The van der Waals surface area contributed by atoms with Crippen molar-refractivity contribution in [2.45, 2.75) is 25.6 Å². The average molecular weight is 315 g/mol. The Balaban J connectivity index is 2.25. The van der Waals surface area contributed by atoms with Crippen molar-refractivity contribution in [1.82, 2.24) is 0 Å². The second-order valence-corrected chi connectivity index (χ2v) is 4.37. The van der Waals surface area contributed by atoms with Crippen molar-refractivity contribution in [3.63, 3.8) is 0 Å². The maximum atomic E-state index is 12.9. The molecule has 0 aliphatic rings. The van der Waals surface area contributed by atoms with E-state index >= 15 is 0 Å². The van der Waals surface area contributed by atoms with E-state index in [1.165, 1.54) is 12.1 Å². The molecule has 0 fully saturated rings. The van der Waals surface area contributed by atoms with Crippen LogP contribution in [-0.2, 0) is 11.3 Å². The van der Waals surface area contributed by atoms with Gasteiger partial charge in [-0.15, -0.1) is 0 Å². The molecule has 6 heteroatoms. The lowest BCUT2D eigenvalue weighted by Crippen LogP contribution is -2.08. The molecular weight excluding hydrogens is 304 g/mol. The Bertz CT molecular complexity index is 365. The SMILES string of the molecule is Fc1ccc(COCCCC(F)(F)F)cc1Br. The number of ether oxygens (including phenoxy) is 1. The third kappa shape index (κ3) is 6.02. The number of benzene rings is 1. The summed E-state index contributed by atoms with van der Waals surface area (Å²) in [6, 6.07) is 4.35. The molecule has 0 saturated heterocycles. The third-order valence-electron chi connectivity index (χ3n) is 2.00. The summed E-state index contributed by atoms with van der Waals surface area (Å²) in [7, 11) is 0. The van der Waals surface area contributed by atoms with Crippen molar-refractivity contribution in [3.05, 3.63) is 34.1 Å². The predicted octanol–water partition coefficient (Wildman–Crippen LogP) is 4.45. The Labute approximate surface area is 105 Å². The first-order chi connectivity index (χ1) is 7.88. The molecule has 17 heavy (non-hydrogen) atoms. The van der Waals surface area contributed by atoms with E-state index in [2.05, 4.69) is 15.9 Å². The first-order valence-electron chi connectivity index (χ1n) is 4.97. The summed E-state index contributed by atoms with van der Waals surface area (Å²) in [4.78, 5) is 0. The number of halogens is 5. The van der Waals surface area contributed by atoms with Crippen molar-refractivity contribution in [1.29, 1.82) is 0 Å². The molecule has 0 N–H and O–H groups in total. The monoisotopic (exact) mass is 314 g/mol. The van der Waals surface area contributed by atoms with Crippen LogP contribution in [0.5, 0.6) is 0 Å². The van der Waals surface area contributed by atoms with Crippen molar-refractivity contribution in [3.8, 4) is 0 Å². The third-order valence-corrected chi connectivity index (χ3v) is 2.61. The van der Waals surface area contributed by atoms with E-state index < -0.39 is 12.6 Å². The van der Waals surface area contributed by atoms with E-state index in [0.29, 0.717) is 10.0 Å². The van der Waals surface area contributed by atoms with E-state index in [0.717, 1.165) is 0 Å². The molecule has 96 valence electrons. The summed E-state index contributed by atoms with van der Waals surface area (Å²) < 4.78 is 53.6. The van der Waals surface area contributed by atoms with Crippen LogP contribution in [0.25, 0.3) is 0 Å². The fourth-order valence-electron chi connectivity index (χ4n) is 1.19. The van der Waals surface area contributed by atoms with Crippen LogP contribution in [-0.4, -0.2) is 12.8 Å². The van der Waals surface area contributed by atoms with Crippen molar-refractivity contribution < 1.29 is 22.3 Å². The maximum absolute atomic E-state index is 12.9. The molecule has 1 aromatic rings. The summed E-state index contributed by atoms with van der Waals surface area (Å²) in [5, 5.41) is 0. The Kier molecular flexibility index (Phi) is 5.39.